The Morgan fingerprint density at radius 3 is 2.40 bits per heavy atom. The van der Waals surface area contributed by atoms with Crippen LogP contribution in [-0.4, -0.2) is 34.3 Å². The maximum Gasteiger partial charge on any atom is 0.147 e. The Bertz CT molecular complexity index is 344. The molecule has 0 aromatic carbocycles. The first-order chi connectivity index (χ1) is 6.79. The molecule has 0 fully saturated rings. The Labute approximate surface area is 91.0 Å². The zero-order chi connectivity index (χ0) is 11.6. The summed E-state index contributed by atoms with van der Waals surface area (Å²) in [4.78, 5) is 10.6. The Balaban J connectivity index is 2.83. The molecule has 0 unspecified atom stereocenters. The van der Waals surface area contributed by atoms with Gasteiger partial charge in [-0.2, -0.15) is 0 Å². The zero-order valence-corrected chi connectivity index (χ0v) is 10.1. The van der Waals surface area contributed by atoms with E-state index < -0.39 is 5.60 Å². The standard InChI is InChI=1S/C11H19N3O/c1-8-9(2)13-10(6-12-8)14(5)7-11(3,4)15/h6,15H,7H2,1-5H3. The molecule has 0 radical (unpaired) electrons. The van der Waals surface area contributed by atoms with Gasteiger partial charge in [-0.15, -0.1) is 0 Å². The Morgan fingerprint density at radius 1 is 1.33 bits per heavy atom. The number of aryl methyl sites for hydroxylation is 2. The van der Waals surface area contributed by atoms with Crippen molar-refractivity contribution >= 4 is 5.82 Å². The van der Waals surface area contributed by atoms with Crippen LogP contribution in [-0.2, 0) is 0 Å². The Hall–Kier alpha value is -1.16. The molecular formula is C11H19N3O. The molecule has 0 bridgehead atoms. The van der Waals surface area contributed by atoms with Crippen molar-refractivity contribution in [2.75, 3.05) is 18.5 Å². The van der Waals surface area contributed by atoms with E-state index >= 15 is 0 Å². The van der Waals surface area contributed by atoms with Gasteiger partial charge >= 0.3 is 0 Å². The van der Waals surface area contributed by atoms with Crippen molar-refractivity contribution in [2.24, 2.45) is 0 Å². The summed E-state index contributed by atoms with van der Waals surface area (Å²) >= 11 is 0. The van der Waals surface area contributed by atoms with Crippen molar-refractivity contribution in [1.29, 1.82) is 0 Å². The molecule has 1 N–H and O–H groups in total. The molecule has 0 saturated carbocycles. The van der Waals surface area contributed by atoms with Crippen molar-refractivity contribution in [1.82, 2.24) is 9.97 Å². The Kier molecular flexibility index (Phi) is 3.29. The number of hydrogen-bond acceptors (Lipinski definition) is 4. The highest BCUT2D eigenvalue weighted by atomic mass is 16.3. The van der Waals surface area contributed by atoms with Crippen LogP contribution in [0.25, 0.3) is 0 Å². The second kappa shape index (κ2) is 4.14. The van der Waals surface area contributed by atoms with Crippen molar-refractivity contribution < 1.29 is 5.11 Å². The van der Waals surface area contributed by atoms with E-state index in [9.17, 15) is 5.11 Å². The molecule has 1 aromatic heterocycles. The van der Waals surface area contributed by atoms with Crippen LogP contribution in [0.15, 0.2) is 6.20 Å². The van der Waals surface area contributed by atoms with Gasteiger partial charge in [0.15, 0.2) is 0 Å². The largest absolute Gasteiger partial charge is 0.389 e. The van der Waals surface area contributed by atoms with Crippen LogP contribution in [0.5, 0.6) is 0 Å². The molecule has 1 aromatic rings. The molecule has 0 spiro atoms. The van der Waals surface area contributed by atoms with Crippen LogP contribution >= 0.6 is 0 Å². The van der Waals surface area contributed by atoms with Crippen LogP contribution in [0.4, 0.5) is 5.82 Å². The summed E-state index contributed by atoms with van der Waals surface area (Å²) in [6.07, 6.45) is 1.73. The minimum atomic E-state index is -0.727. The highest BCUT2D eigenvalue weighted by Gasteiger charge is 2.16. The van der Waals surface area contributed by atoms with Gasteiger partial charge in [-0.05, 0) is 27.7 Å². The molecular weight excluding hydrogens is 190 g/mol. The molecule has 1 rings (SSSR count). The van der Waals surface area contributed by atoms with E-state index in [4.69, 9.17) is 0 Å². The molecule has 1 heterocycles. The first-order valence-electron chi connectivity index (χ1n) is 5.03. The predicted molar refractivity (Wildman–Crippen MR) is 61.1 cm³/mol. The first-order valence-corrected chi connectivity index (χ1v) is 5.03. The van der Waals surface area contributed by atoms with E-state index in [1.165, 1.54) is 0 Å². The number of hydrogen-bond donors (Lipinski definition) is 1. The van der Waals surface area contributed by atoms with Gasteiger partial charge in [-0.1, -0.05) is 0 Å². The third-order valence-corrected chi connectivity index (χ3v) is 2.19. The fourth-order valence-corrected chi connectivity index (χ4v) is 1.37. The predicted octanol–water partition coefficient (Wildman–Crippen LogP) is 1.30. The maximum atomic E-state index is 9.68. The van der Waals surface area contributed by atoms with E-state index in [2.05, 4.69) is 9.97 Å². The quantitative estimate of drug-likeness (QED) is 0.815. The topological polar surface area (TPSA) is 49.2 Å². The lowest BCUT2D eigenvalue weighted by molar-refractivity contribution is 0.0884. The second-order valence-electron chi connectivity index (χ2n) is 4.57. The summed E-state index contributed by atoms with van der Waals surface area (Å²) < 4.78 is 0. The van der Waals surface area contributed by atoms with Crippen LogP contribution in [0.1, 0.15) is 25.2 Å². The van der Waals surface area contributed by atoms with Gasteiger partial charge in [0.2, 0.25) is 0 Å². The number of rotatable bonds is 3. The average Bonchev–Trinajstić information content (AvgIpc) is 2.06. The third-order valence-electron chi connectivity index (χ3n) is 2.19. The average molecular weight is 209 g/mol. The molecule has 0 aliphatic rings. The summed E-state index contributed by atoms with van der Waals surface area (Å²) in [5.74, 6) is 0.792. The number of likely N-dealkylation sites (N-methyl/N-ethyl adjacent to an activating group) is 1. The van der Waals surface area contributed by atoms with Crippen molar-refractivity contribution in [3.63, 3.8) is 0 Å². The fourth-order valence-electron chi connectivity index (χ4n) is 1.37. The number of nitrogens with zero attached hydrogens (tertiary/aromatic N) is 3. The normalized spacial score (nSPS) is 11.6. The van der Waals surface area contributed by atoms with Gasteiger partial charge in [0.05, 0.1) is 23.2 Å². The third kappa shape index (κ3) is 3.47. The molecule has 15 heavy (non-hydrogen) atoms. The van der Waals surface area contributed by atoms with Crippen LogP contribution in [0, 0.1) is 13.8 Å². The smallest absolute Gasteiger partial charge is 0.147 e. The second-order valence-corrected chi connectivity index (χ2v) is 4.57. The van der Waals surface area contributed by atoms with Crippen LogP contribution in [0.3, 0.4) is 0 Å². The molecule has 84 valence electrons. The highest BCUT2D eigenvalue weighted by molar-refractivity contribution is 5.36. The molecule has 0 saturated heterocycles. The van der Waals surface area contributed by atoms with Gasteiger partial charge in [0, 0.05) is 13.6 Å². The van der Waals surface area contributed by atoms with Gasteiger partial charge in [-0.3, -0.25) is 4.98 Å². The number of aromatic nitrogens is 2. The molecule has 4 nitrogen and oxygen atoms in total. The van der Waals surface area contributed by atoms with Gasteiger partial charge in [-0.25, -0.2) is 4.98 Å². The van der Waals surface area contributed by atoms with Gasteiger partial charge in [0.1, 0.15) is 5.82 Å². The molecule has 0 atom stereocenters. The summed E-state index contributed by atoms with van der Waals surface area (Å²) in [5.41, 5.74) is 1.14. The SMILES string of the molecule is Cc1ncc(N(C)CC(C)(C)O)nc1C. The molecule has 0 aliphatic carbocycles. The molecule has 0 aliphatic heterocycles. The monoisotopic (exact) mass is 209 g/mol. The van der Waals surface area contributed by atoms with E-state index in [1.54, 1.807) is 20.0 Å². The van der Waals surface area contributed by atoms with Crippen molar-refractivity contribution in [3.05, 3.63) is 17.6 Å². The van der Waals surface area contributed by atoms with Crippen molar-refractivity contribution in [3.8, 4) is 0 Å². The van der Waals surface area contributed by atoms with E-state index in [1.807, 2.05) is 25.8 Å². The summed E-state index contributed by atoms with van der Waals surface area (Å²) in [6, 6.07) is 0. The van der Waals surface area contributed by atoms with Crippen molar-refractivity contribution in [2.45, 2.75) is 33.3 Å². The summed E-state index contributed by atoms with van der Waals surface area (Å²) in [6.45, 7) is 7.95. The molecule has 4 heteroatoms. The Morgan fingerprint density at radius 2 is 1.93 bits per heavy atom. The lowest BCUT2D eigenvalue weighted by atomic mass is 10.1. The van der Waals surface area contributed by atoms with Gasteiger partial charge < -0.3 is 10.0 Å². The zero-order valence-electron chi connectivity index (χ0n) is 10.1. The minimum absolute atomic E-state index is 0.532. The number of anilines is 1. The lowest BCUT2D eigenvalue weighted by Crippen LogP contribution is -2.36. The fraction of sp³-hybridized carbons (Fsp3) is 0.636. The summed E-state index contributed by atoms with van der Waals surface area (Å²) in [5, 5.41) is 9.68. The van der Waals surface area contributed by atoms with Crippen LogP contribution < -0.4 is 4.90 Å². The number of aliphatic hydroxyl groups is 1. The molecule has 0 amide bonds. The van der Waals surface area contributed by atoms with E-state index in [-0.39, 0.29) is 0 Å². The van der Waals surface area contributed by atoms with E-state index in [0.29, 0.717) is 6.54 Å². The first kappa shape index (κ1) is 11.9. The van der Waals surface area contributed by atoms with Gasteiger partial charge in [0.25, 0.3) is 0 Å². The van der Waals surface area contributed by atoms with Crippen LogP contribution in [0.2, 0.25) is 0 Å². The maximum absolute atomic E-state index is 9.68. The van der Waals surface area contributed by atoms with E-state index in [0.717, 1.165) is 17.2 Å². The lowest BCUT2D eigenvalue weighted by Gasteiger charge is -2.26. The highest BCUT2D eigenvalue weighted by Crippen LogP contribution is 2.13. The summed E-state index contributed by atoms with van der Waals surface area (Å²) in [7, 11) is 1.90. The minimum Gasteiger partial charge on any atom is -0.389 e.